The van der Waals surface area contributed by atoms with E-state index >= 15 is 0 Å². The second kappa shape index (κ2) is 5.46. The van der Waals surface area contributed by atoms with Gasteiger partial charge in [0.25, 0.3) is 0 Å². The van der Waals surface area contributed by atoms with Crippen LogP contribution in [0.3, 0.4) is 0 Å². The quantitative estimate of drug-likeness (QED) is 0.838. The summed E-state index contributed by atoms with van der Waals surface area (Å²) in [4.78, 5) is 2.54. The minimum Gasteiger partial charge on any atom is -0.330 e. The monoisotopic (exact) mass is 218 g/mol. The van der Waals surface area contributed by atoms with Crippen molar-refractivity contribution in [3.05, 3.63) is 35.4 Å². The Morgan fingerprint density at radius 1 is 1.25 bits per heavy atom. The summed E-state index contributed by atoms with van der Waals surface area (Å²) >= 11 is 0. The number of hydrogen-bond acceptors (Lipinski definition) is 2. The zero-order valence-corrected chi connectivity index (χ0v) is 10.2. The van der Waals surface area contributed by atoms with Crippen LogP contribution in [0.2, 0.25) is 0 Å². The van der Waals surface area contributed by atoms with E-state index in [1.165, 1.54) is 30.6 Å². The summed E-state index contributed by atoms with van der Waals surface area (Å²) in [6.07, 6.45) is 2.34. The summed E-state index contributed by atoms with van der Waals surface area (Å²) in [5.41, 5.74) is 8.31. The van der Waals surface area contributed by atoms with Gasteiger partial charge in [-0.2, -0.15) is 0 Å². The van der Waals surface area contributed by atoms with Gasteiger partial charge in [0.15, 0.2) is 0 Å². The van der Waals surface area contributed by atoms with Crippen molar-refractivity contribution in [3.8, 4) is 0 Å². The third-order valence-corrected chi connectivity index (χ3v) is 3.37. The molecule has 0 saturated carbocycles. The van der Waals surface area contributed by atoms with Crippen LogP contribution in [0, 0.1) is 5.92 Å². The lowest BCUT2D eigenvalue weighted by atomic mass is 10.1. The second-order valence-corrected chi connectivity index (χ2v) is 4.98. The maximum atomic E-state index is 5.54. The summed E-state index contributed by atoms with van der Waals surface area (Å²) in [6.45, 7) is 6.69. The molecule has 1 saturated heterocycles. The van der Waals surface area contributed by atoms with Crippen LogP contribution >= 0.6 is 0 Å². The molecule has 2 nitrogen and oxygen atoms in total. The first-order chi connectivity index (χ1) is 7.78. The van der Waals surface area contributed by atoms with Gasteiger partial charge >= 0.3 is 0 Å². The fourth-order valence-corrected chi connectivity index (χ4v) is 2.41. The first-order valence-corrected chi connectivity index (χ1v) is 6.28. The highest BCUT2D eigenvalue weighted by molar-refractivity contribution is 5.22. The van der Waals surface area contributed by atoms with Crippen molar-refractivity contribution in [2.45, 2.75) is 26.3 Å². The zero-order chi connectivity index (χ0) is 11.4. The van der Waals surface area contributed by atoms with E-state index in [0.717, 1.165) is 25.4 Å². The van der Waals surface area contributed by atoms with E-state index in [1.807, 2.05) is 0 Å². The number of rotatable bonds is 4. The van der Waals surface area contributed by atoms with Crippen LogP contribution in [0.4, 0.5) is 0 Å². The van der Waals surface area contributed by atoms with Crippen molar-refractivity contribution in [1.82, 2.24) is 4.90 Å². The highest BCUT2D eigenvalue weighted by Gasteiger charge is 2.18. The van der Waals surface area contributed by atoms with E-state index in [-0.39, 0.29) is 0 Å². The molecule has 0 radical (unpaired) electrons. The Morgan fingerprint density at radius 2 is 1.94 bits per heavy atom. The molecule has 2 N–H and O–H groups in total. The zero-order valence-electron chi connectivity index (χ0n) is 10.2. The van der Waals surface area contributed by atoms with Gasteiger partial charge in [-0.05, 0) is 43.0 Å². The number of nitrogens with two attached hydrogens (primary N) is 1. The number of likely N-dealkylation sites (tertiary alicyclic amines) is 1. The molecule has 1 aliphatic rings. The Morgan fingerprint density at radius 3 is 2.50 bits per heavy atom. The maximum Gasteiger partial charge on any atom is 0.0233 e. The lowest BCUT2D eigenvalue weighted by Crippen LogP contribution is -2.19. The molecule has 1 unspecified atom stereocenters. The summed E-state index contributed by atoms with van der Waals surface area (Å²) < 4.78 is 0. The fraction of sp³-hybridized carbons (Fsp3) is 0.571. The lowest BCUT2D eigenvalue weighted by Gasteiger charge is -2.15. The smallest absolute Gasteiger partial charge is 0.0233 e. The van der Waals surface area contributed by atoms with E-state index in [0.29, 0.717) is 0 Å². The molecular formula is C14H22N2. The molecule has 1 aromatic rings. The van der Waals surface area contributed by atoms with Crippen LogP contribution in [-0.4, -0.2) is 24.5 Å². The Bertz CT molecular complexity index is 318. The third kappa shape index (κ3) is 3.06. The molecule has 1 atom stereocenters. The summed E-state index contributed by atoms with van der Waals surface area (Å²) in [5, 5.41) is 0. The van der Waals surface area contributed by atoms with Gasteiger partial charge in [-0.1, -0.05) is 31.2 Å². The van der Waals surface area contributed by atoms with E-state index < -0.39 is 0 Å². The fourth-order valence-electron chi connectivity index (χ4n) is 2.41. The van der Waals surface area contributed by atoms with E-state index in [9.17, 15) is 0 Å². The minimum absolute atomic E-state index is 0.739. The predicted molar refractivity (Wildman–Crippen MR) is 68.3 cm³/mol. The largest absolute Gasteiger partial charge is 0.330 e. The Hall–Kier alpha value is -0.860. The van der Waals surface area contributed by atoms with E-state index in [1.54, 1.807) is 0 Å². The molecule has 0 spiro atoms. The third-order valence-electron chi connectivity index (χ3n) is 3.37. The van der Waals surface area contributed by atoms with Crippen molar-refractivity contribution in [2.75, 3.05) is 19.6 Å². The van der Waals surface area contributed by atoms with Gasteiger partial charge in [0, 0.05) is 13.1 Å². The van der Waals surface area contributed by atoms with Gasteiger partial charge in [0.2, 0.25) is 0 Å². The average Bonchev–Trinajstić information content (AvgIpc) is 2.67. The average molecular weight is 218 g/mol. The Labute approximate surface area is 98.4 Å². The molecule has 16 heavy (non-hydrogen) atoms. The summed E-state index contributed by atoms with van der Waals surface area (Å²) in [5.74, 6) is 0.872. The van der Waals surface area contributed by atoms with Gasteiger partial charge < -0.3 is 5.73 Å². The Balaban J connectivity index is 1.89. The molecular weight excluding hydrogens is 196 g/mol. The minimum atomic E-state index is 0.739. The first-order valence-electron chi connectivity index (χ1n) is 6.28. The van der Waals surface area contributed by atoms with Gasteiger partial charge in [-0.15, -0.1) is 0 Å². The van der Waals surface area contributed by atoms with Gasteiger partial charge in [0.1, 0.15) is 0 Å². The van der Waals surface area contributed by atoms with E-state index in [4.69, 9.17) is 5.73 Å². The number of hydrogen-bond donors (Lipinski definition) is 1. The van der Waals surface area contributed by atoms with Crippen molar-refractivity contribution >= 4 is 0 Å². The van der Waals surface area contributed by atoms with Crippen LogP contribution in [0.15, 0.2) is 24.3 Å². The molecule has 1 fully saturated rings. The lowest BCUT2D eigenvalue weighted by molar-refractivity contribution is 0.320. The van der Waals surface area contributed by atoms with Crippen LogP contribution in [0.1, 0.15) is 24.5 Å². The van der Waals surface area contributed by atoms with Crippen molar-refractivity contribution < 1.29 is 0 Å². The first kappa shape index (κ1) is 11.6. The molecule has 1 heterocycles. The standard InChI is InChI=1S/C14H22N2/c1-12-7-9-16(10-12)11-14-4-2-13(3-5-14)6-8-15/h2-5,12H,6-11,15H2,1H3. The number of benzene rings is 1. The maximum absolute atomic E-state index is 5.54. The van der Waals surface area contributed by atoms with Crippen LogP contribution in [-0.2, 0) is 13.0 Å². The molecule has 1 aromatic carbocycles. The SMILES string of the molecule is CC1CCN(Cc2ccc(CCN)cc2)C1. The van der Waals surface area contributed by atoms with Crippen molar-refractivity contribution in [2.24, 2.45) is 11.7 Å². The molecule has 0 amide bonds. The van der Waals surface area contributed by atoms with Crippen LogP contribution in [0.25, 0.3) is 0 Å². The normalized spacial score (nSPS) is 21.5. The topological polar surface area (TPSA) is 29.3 Å². The molecule has 2 heteroatoms. The van der Waals surface area contributed by atoms with Gasteiger partial charge in [-0.25, -0.2) is 0 Å². The van der Waals surface area contributed by atoms with Crippen LogP contribution < -0.4 is 5.73 Å². The van der Waals surface area contributed by atoms with Crippen molar-refractivity contribution in [1.29, 1.82) is 0 Å². The summed E-state index contributed by atoms with van der Waals surface area (Å²) in [7, 11) is 0. The number of nitrogens with zero attached hydrogens (tertiary/aromatic N) is 1. The predicted octanol–water partition coefficient (Wildman–Crippen LogP) is 2.03. The molecule has 1 aliphatic heterocycles. The molecule has 2 rings (SSSR count). The van der Waals surface area contributed by atoms with Gasteiger partial charge in [-0.3, -0.25) is 4.90 Å². The van der Waals surface area contributed by atoms with Crippen molar-refractivity contribution in [3.63, 3.8) is 0 Å². The Kier molecular flexibility index (Phi) is 3.97. The molecule has 0 aromatic heterocycles. The van der Waals surface area contributed by atoms with E-state index in [2.05, 4.69) is 36.1 Å². The highest BCUT2D eigenvalue weighted by atomic mass is 15.1. The van der Waals surface area contributed by atoms with Gasteiger partial charge in [0.05, 0.1) is 0 Å². The molecule has 0 aliphatic carbocycles. The summed E-state index contributed by atoms with van der Waals surface area (Å²) in [6, 6.07) is 8.91. The molecule has 88 valence electrons. The second-order valence-electron chi connectivity index (χ2n) is 4.98. The highest BCUT2D eigenvalue weighted by Crippen LogP contribution is 2.17. The van der Waals surface area contributed by atoms with Crippen LogP contribution in [0.5, 0.6) is 0 Å². The molecule has 0 bridgehead atoms.